The van der Waals surface area contributed by atoms with Gasteiger partial charge in [0, 0.05) is 25.0 Å². The molecular weight excluding hydrogens is 204 g/mol. The molecule has 0 bridgehead atoms. The highest BCUT2D eigenvalue weighted by molar-refractivity contribution is 5.88. The second-order valence-electron chi connectivity index (χ2n) is 3.34. The summed E-state index contributed by atoms with van der Waals surface area (Å²) in [6, 6.07) is 6.89. The number of hydrogen-bond acceptors (Lipinski definition) is 3. The van der Waals surface area contributed by atoms with E-state index in [1.165, 1.54) is 0 Å². The molecule has 0 atom stereocenters. The van der Waals surface area contributed by atoms with Gasteiger partial charge in [-0.3, -0.25) is 9.97 Å². The minimum absolute atomic E-state index is 0.242. The van der Waals surface area contributed by atoms with E-state index in [1.807, 2.05) is 12.1 Å². The first-order chi connectivity index (χ1) is 7.77. The lowest BCUT2D eigenvalue weighted by molar-refractivity contribution is 0.0695. The van der Waals surface area contributed by atoms with Crippen LogP contribution in [0.25, 0.3) is 0 Å². The second-order valence-corrected chi connectivity index (χ2v) is 3.34. The lowest BCUT2D eigenvalue weighted by Crippen LogP contribution is -2.05. The summed E-state index contributed by atoms with van der Waals surface area (Å²) in [4.78, 5) is 19.0. The number of carbonyl (C=O) groups is 1. The molecule has 0 aliphatic carbocycles. The Morgan fingerprint density at radius 2 is 2.06 bits per heavy atom. The minimum atomic E-state index is -0.952. The van der Waals surface area contributed by atoms with Crippen LogP contribution in [0.1, 0.15) is 21.6 Å². The van der Waals surface area contributed by atoms with Crippen molar-refractivity contribution < 1.29 is 9.90 Å². The van der Waals surface area contributed by atoms with Crippen LogP contribution in [0, 0.1) is 0 Å². The molecule has 0 spiro atoms. The van der Waals surface area contributed by atoms with E-state index in [4.69, 9.17) is 5.11 Å². The van der Waals surface area contributed by atoms with Gasteiger partial charge in [-0.15, -0.1) is 0 Å². The molecule has 1 N–H and O–H groups in total. The third-order valence-electron chi connectivity index (χ3n) is 2.22. The van der Waals surface area contributed by atoms with Crippen LogP contribution in [0.15, 0.2) is 42.9 Å². The lowest BCUT2D eigenvalue weighted by atomic mass is 10.1. The van der Waals surface area contributed by atoms with Gasteiger partial charge in [-0.25, -0.2) is 4.79 Å². The molecule has 0 radical (unpaired) electrons. The van der Waals surface area contributed by atoms with Crippen molar-refractivity contribution in [2.75, 3.05) is 0 Å². The van der Waals surface area contributed by atoms with Crippen molar-refractivity contribution in [2.45, 2.75) is 6.42 Å². The van der Waals surface area contributed by atoms with E-state index in [0.717, 1.165) is 5.56 Å². The Hall–Kier alpha value is -2.23. The summed E-state index contributed by atoms with van der Waals surface area (Å²) in [5.74, 6) is -0.952. The molecule has 0 aliphatic heterocycles. The van der Waals surface area contributed by atoms with E-state index in [9.17, 15) is 4.79 Å². The maximum absolute atomic E-state index is 11.0. The molecule has 2 heterocycles. The lowest BCUT2D eigenvalue weighted by Gasteiger charge is -2.03. The van der Waals surface area contributed by atoms with Gasteiger partial charge in [-0.1, -0.05) is 6.07 Å². The molecular formula is C12H10N2O2. The summed E-state index contributed by atoms with van der Waals surface area (Å²) in [5.41, 5.74) is 1.75. The highest BCUT2D eigenvalue weighted by Crippen LogP contribution is 2.10. The Morgan fingerprint density at radius 3 is 2.75 bits per heavy atom. The van der Waals surface area contributed by atoms with Crippen molar-refractivity contribution in [2.24, 2.45) is 0 Å². The fraction of sp³-hybridized carbons (Fsp3) is 0.0833. The van der Waals surface area contributed by atoms with Gasteiger partial charge in [-0.2, -0.15) is 0 Å². The van der Waals surface area contributed by atoms with Gasteiger partial charge in [0.2, 0.25) is 0 Å². The van der Waals surface area contributed by atoms with Gasteiger partial charge in [0.15, 0.2) is 0 Å². The number of aromatic nitrogens is 2. The molecule has 4 heteroatoms. The van der Waals surface area contributed by atoms with Crippen LogP contribution in [0.4, 0.5) is 0 Å². The fourth-order valence-corrected chi connectivity index (χ4v) is 1.47. The summed E-state index contributed by atoms with van der Waals surface area (Å²) in [6.07, 6.45) is 5.47. The summed E-state index contributed by atoms with van der Waals surface area (Å²) >= 11 is 0. The highest BCUT2D eigenvalue weighted by atomic mass is 16.4. The van der Waals surface area contributed by atoms with Crippen LogP contribution in [-0.2, 0) is 6.42 Å². The number of pyridine rings is 2. The van der Waals surface area contributed by atoms with Crippen molar-refractivity contribution in [3.05, 3.63) is 59.7 Å². The fourth-order valence-electron chi connectivity index (χ4n) is 1.47. The van der Waals surface area contributed by atoms with E-state index < -0.39 is 5.97 Å². The number of aromatic carboxylic acids is 1. The molecule has 80 valence electrons. The first kappa shape index (κ1) is 10.3. The molecule has 0 fully saturated rings. The normalized spacial score (nSPS) is 10.0. The van der Waals surface area contributed by atoms with E-state index in [-0.39, 0.29) is 5.56 Å². The highest BCUT2D eigenvalue weighted by Gasteiger charge is 2.10. The molecule has 4 nitrogen and oxygen atoms in total. The van der Waals surface area contributed by atoms with Crippen LogP contribution in [0.2, 0.25) is 0 Å². The van der Waals surface area contributed by atoms with Gasteiger partial charge in [0.05, 0.1) is 11.3 Å². The zero-order valence-corrected chi connectivity index (χ0v) is 8.50. The standard InChI is InChI=1S/C12H10N2O2/c15-12(16)10-4-2-6-14-11(10)7-9-3-1-5-13-8-9/h1-6,8H,7H2,(H,15,16). The van der Waals surface area contributed by atoms with E-state index in [0.29, 0.717) is 12.1 Å². The van der Waals surface area contributed by atoms with Crippen molar-refractivity contribution in [1.82, 2.24) is 9.97 Å². The zero-order chi connectivity index (χ0) is 11.4. The monoisotopic (exact) mass is 214 g/mol. The van der Waals surface area contributed by atoms with Crippen molar-refractivity contribution in [3.8, 4) is 0 Å². The van der Waals surface area contributed by atoms with E-state index in [1.54, 1.807) is 30.7 Å². The molecule has 0 aromatic carbocycles. The molecule has 0 amide bonds. The van der Waals surface area contributed by atoms with Gasteiger partial charge in [0.25, 0.3) is 0 Å². The van der Waals surface area contributed by atoms with Crippen LogP contribution in [0.5, 0.6) is 0 Å². The molecule has 2 aromatic rings. The average molecular weight is 214 g/mol. The minimum Gasteiger partial charge on any atom is -0.478 e. The third kappa shape index (κ3) is 2.23. The van der Waals surface area contributed by atoms with Gasteiger partial charge in [0.1, 0.15) is 0 Å². The summed E-state index contributed by atoms with van der Waals surface area (Å²) in [6.45, 7) is 0. The summed E-state index contributed by atoms with van der Waals surface area (Å²) < 4.78 is 0. The summed E-state index contributed by atoms with van der Waals surface area (Å²) in [5, 5.41) is 8.99. The first-order valence-electron chi connectivity index (χ1n) is 4.83. The van der Waals surface area contributed by atoms with Crippen LogP contribution in [-0.4, -0.2) is 21.0 Å². The van der Waals surface area contributed by atoms with Gasteiger partial charge in [-0.05, 0) is 23.8 Å². The van der Waals surface area contributed by atoms with E-state index >= 15 is 0 Å². The maximum atomic E-state index is 11.0. The Morgan fingerprint density at radius 1 is 1.25 bits per heavy atom. The second kappa shape index (κ2) is 4.53. The largest absolute Gasteiger partial charge is 0.478 e. The predicted octanol–water partition coefficient (Wildman–Crippen LogP) is 1.77. The maximum Gasteiger partial charge on any atom is 0.337 e. The molecule has 2 aromatic heterocycles. The van der Waals surface area contributed by atoms with Gasteiger partial charge < -0.3 is 5.11 Å². The van der Waals surface area contributed by atoms with Crippen molar-refractivity contribution in [3.63, 3.8) is 0 Å². The Bertz CT molecular complexity index is 497. The van der Waals surface area contributed by atoms with Crippen LogP contribution >= 0.6 is 0 Å². The summed E-state index contributed by atoms with van der Waals surface area (Å²) in [7, 11) is 0. The number of carboxylic acid groups (broad SMARTS) is 1. The SMILES string of the molecule is O=C(O)c1cccnc1Cc1cccnc1. The molecule has 0 saturated heterocycles. The van der Waals surface area contributed by atoms with Crippen molar-refractivity contribution in [1.29, 1.82) is 0 Å². The average Bonchev–Trinajstić information content (AvgIpc) is 2.31. The smallest absolute Gasteiger partial charge is 0.337 e. The molecule has 0 unspecified atom stereocenters. The molecule has 16 heavy (non-hydrogen) atoms. The molecule has 0 aliphatic rings. The Balaban J connectivity index is 2.31. The number of carboxylic acids is 1. The zero-order valence-electron chi connectivity index (χ0n) is 8.50. The molecule has 2 rings (SSSR count). The Labute approximate surface area is 92.6 Å². The molecule has 0 saturated carbocycles. The van der Waals surface area contributed by atoms with Crippen LogP contribution < -0.4 is 0 Å². The van der Waals surface area contributed by atoms with Crippen LogP contribution in [0.3, 0.4) is 0 Å². The van der Waals surface area contributed by atoms with Gasteiger partial charge >= 0.3 is 5.97 Å². The predicted molar refractivity (Wildman–Crippen MR) is 58.2 cm³/mol. The van der Waals surface area contributed by atoms with Crippen molar-refractivity contribution >= 4 is 5.97 Å². The Kier molecular flexibility index (Phi) is 2.91. The third-order valence-corrected chi connectivity index (χ3v) is 2.22. The quantitative estimate of drug-likeness (QED) is 0.845. The number of rotatable bonds is 3. The number of nitrogens with zero attached hydrogens (tertiary/aromatic N) is 2. The number of hydrogen-bond donors (Lipinski definition) is 1. The topological polar surface area (TPSA) is 63.1 Å². The first-order valence-corrected chi connectivity index (χ1v) is 4.83. The van der Waals surface area contributed by atoms with E-state index in [2.05, 4.69) is 9.97 Å².